The molecule has 1 unspecified atom stereocenters. The number of hydrogen-bond acceptors (Lipinski definition) is 4. The van der Waals surface area contributed by atoms with Crippen LogP contribution in [0.15, 0.2) is 24.3 Å². The Labute approximate surface area is 115 Å². The molecule has 0 spiro atoms. The largest absolute Gasteiger partial charge is 0.624 e. The van der Waals surface area contributed by atoms with Crippen molar-refractivity contribution in [3.05, 3.63) is 40.6 Å². The minimum absolute atomic E-state index is 0.00785. The van der Waals surface area contributed by atoms with E-state index in [0.29, 0.717) is 15.9 Å². The number of hydrogen-bond donors (Lipinski definition) is 3. The van der Waals surface area contributed by atoms with Gasteiger partial charge in [0, 0.05) is 16.9 Å². The first kappa shape index (κ1) is 15.0. The van der Waals surface area contributed by atoms with E-state index >= 15 is 0 Å². The van der Waals surface area contributed by atoms with Gasteiger partial charge in [0.1, 0.15) is 13.1 Å². The Morgan fingerprint density at radius 3 is 2.47 bits per heavy atom. The molecule has 0 aliphatic carbocycles. The Kier molecular flexibility index (Phi) is 5.37. The molecule has 2 N–H and O–H groups in total. The second kappa shape index (κ2) is 6.79. The number of thiol groups is 1. The quantitative estimate of drug-likeness (QED) is 0.239. The van der Waals surface area contributed by atoms with Crippen LogP contribution in [0.25, 0.3) is 0 Å². The van der Waals surface area contributed by atoms with Crippen molar-refractivity contribution < 1.29 is 19.4 Å². The molecule has 1 aromatic rings. The monoisotopic (exact) mass is 282 g/mol. The number of aliphatic carboxylic acids is 1. The van der Waals surface area contributed by atoms with Crippen LogP contribution < -0.4 is 5.32 Å². The number of hydroxylamine groups is 1. The average Bonchev–Trinajstić information content (AvgIpc) is 2.35. The smallest absolute Gasteiger partial charge is 0.327 e. The number of carbonyl (C=O) groups excluding carboxylic acids is 1. The van der Waals surface area contributed by atoms with Gasteiger partial charge in [0.05, 0.1) is 0 Å². The third-order valence-electron chi connectivity index (χ3n) is 2.29. The van der Waals surface area contributed by atoms with E-state index in [9.17, 15) is 14.8 Å². The predicted molar refractivity (Wildman–Crippen MR) is 73.9 cm³/mol. The van der Waals surface area contributed by atoms with Gasteiger partial charge in [-0.2, -0.15) is 12.6 Å². The van der Waals surface area contributed by atoms with Crippen molar-refractivity contribution >= 4 is 30.7 Å². The molecule has 0 radical (unpaired) electrons. The molecule has 19 heavy (non-hydrogen) atoms. The Balaban J connectivity index is 2.78. The second-order valence-electron chi connectivity index (χ2n) is 3.84. The van der Waals surface area contributed by atoms with Crippen LogP contribution in [-0.4, -0.2) is 46.8 Å². The maximum absolute atomic E-state index is 11.8. The third kappa shape index (κ3) is 4.63. The van der Waals surface area contributed by atoms with Crippen LogP contribution in [0.5, 0.6) is 0 Å². The number of amides is 1. The van der Waals surface area contributed by atoms with E-state index in [1.54, 1.807) is 12.1 Å². The van der Waals surface area contributed by atoms with Crippen molar-refractivity contribution in [2.75, 3.05) is 12.8 Å². The van der Waals surface area contributed by atoms with Gasteiger partial charge in [-0.3, -0.25) is 4.79 Å². The molecule has 1 amide bonds. The highest BCUT2D eigenvalue weighted by Crippen LogP contribution is 2.03. The molecule has 7 heteroatoms. The molecule has 0 aliphatic rings. The van der Waals surface area contributed by atoms with Gasteiger partial charge < -0.3 is 15.6 Å². The Bertz CT molecular complexity index is 495. The average molecular weight is 282 g/mol. The Hall–Kier alpha value is -2.02. The molecule has 0 saturated heterocycles. The number of benzene rings is 1. The zero-order valence-corrected chi connectivity index (χ0v) is 11.1. The molecule has 1 aromatic carbocycles. The third-order valence-corrected chi connectivity index (χ3v) is 2.65. The summed E-state index contributed by atoms with van der Waals surface area (Å²) < 4.78 is 0.649. The van der Waals surface area contributed by atoms with Crippen molar-refractivity contribution in [1.82, 2.24) is 5.32 Å². The maximum Gasteiger partial charge on any atom is 0.327 e. The fourth-order valence-corrected chi connectivity index (χ4v) is 1.61. The minimum Gasteiger partial charge on any atom is -0.624 e. The first-order valence-corrected chi connectivity index (χ1v) is 6.06. The summed E-state index contributed by atoms with van der Waals surface area (Å²) >= 11 is 3.86. The summed E-state index contributed by atoms with van der Waals surface area (Å²) in [6, 6.07) is 5.19. The molecule has 102 valence electrons. The van der Waals surface area contributed by atoms with Gasteiger partial charge in [-0.25, -0.2) is 9.53 Å². The van der Waals surface area contributed by atoms with Gasteiger partial charge in [0.2, 0.25) is 0 Å². The molecule has 6 nitrogen and oxygen atoms in total. The lowest BCUT2D eigenvalue weighted by Crippen LogP contribution is -2.42. The second-order valence-corrected chi connectivity index (χ2v) is 4.21. The Morgan fingerprint density at radius 2 is 2.05 bits per heavy atom. The maximum atomic E-state index is 11.8. The molecule has 1 rings (SSSR count). The molecule has 0 saturated carbocycles. The lowest BCUT2D eigenvalue weighted by Gasteiger charge is -2.11. The lowest BCUT2D eigenvalue weighted by molar-refractivity contribution is -0.416. The minimum atomic E-state index is -1.14. The standard InChI is InChI=1S/C12H14N2O4S/c1-14(18)6-8-2-4-9(5-3-8)11(15)13-10(7-19)12(16)17/h2-6,10,19H,7H2,1H3,(H,13,15)(H,16,17)/b14-6+. The van der Waals surface area contributed by atoms with Crippen LogP contribution in [0.4, 0.5) is 0 Å². The highest BCUT2D eigenvalue weighted by molar-refractivity contribution is 7.80. The van der Waals surface area contributed by atoms with Crippen LogP contribution >= 0.6 is 12.6 Å². The molecular weight excluding hydrogens is 268 g/mol. The summed E-state index contributed by atoms with van der Waals surface area (Å²) in [5.74, 6) is -1.63. The number of nitrogens with zero attached hydrogens (tertiary/aromatic N) is 1. The van der Waals surface area contributed by atoms with Gasteiger partial charge in [-0.1, -0.05) is 0 Å². The fourth-order valence-electron chi connectivity index (χ4n) is 1.36. The summed E-state index contributed by atoms with van der Waals surface area (Å²) in [7, 11) is 1.35. The van der Waals surface area contributed by atoms with E-state index in [1.165, 1.54) is 25.4 Å². The zero-order valence-electron chi connectivity index (χ0n) is 10.2. The Morgan fingerprint density at radius 1 is 1.47 bits per heavy atom. The molecule has 0 heterocycles. The summed E-state index contributed by atoms with van der Waals surface area (Å²) in [6.45, 7) is 0. The van der Waals surface area contributed by atoms with Crippen molar-refractivity contribution in [2.24, 2.45) is 0 Å². The summed E-state index contributed by atoms with van der Waals surface area (Å²) in [4.78, 5) is 22.5. The summed E-state index contributed by atoms with van der Waals surface area (Å²) in [5, 5.41) is 21.9. The van der Waals surface area contributed by atoms with Crippen LogP contribution in [0.1, 0.15) is 15.9 Å². The number of carboxylic acid groups (broad SMARTS) is 1. The fraction of sp³-hybridized carbons (Fsp3) is 0.250. The van der Waals surface area contributed by atoms with Crippen LogP contribution in [0.2, 0.25) is 0 Å². The predicted octanol–water partition coefficient (Wildman–Crippen LogP) is 0.358. The van der Waals surface area contributed by atoms with Crippen molar-refractivity contribution in [3.8, 4) is 0 Å². The molecule has 0 bridgehead atoms. The van der Waals surface area contributed by atoms with Crippen LogP contribution in [-0.2, 0) is 4.79 Å². The van der Waals surface area contributed by atoms with Gasteiger partial charge in [0.25, 0.3) is 5.91 Å². The number of rotatable bonds is 5. The molecule has 1 atom stereocenters. The topological polar surface area (TPSA) is 92.5 Å². The molecule has 0 aromatic heterocycles. The van der Waals surface area contributed by atoms with E-state index in [4.69, 9.17) is 5.11 Å². The summed E-state index contributed by atoms with van der Waals surface area (Å²) in [6.07, 6.45) is 1.36. The van der Waals surface area contributed by atoms with E-state index in [0.717, 1.165) is 0 Å². The van der Waals surface area contributed by atoms with Crippen LogP contribution in [0.3, 0.4) is 0 Å². The van der Waals surface area contributed by atoms with E-state index < -0.39 is 17.9 Å². The van der Waals surface area contributed by atoms with Crippen molar-refractivity contribution in [2.45, 2.75) is 6.04 Å². The lowest BCUT2D eigenvalue weighted by atomic mass is 10.1. The number of nitrogens with one attached hydrogen (secondary N) is 1. The highest BCUT2D eigenvalue weighted by Gasteiger charge is 2.18. The van der Waals surface area contributed by atoms with Crippen molar-refractivity contribution in [3.63, 3.8) is 0 Å². The summed E-state index contributed by atoms with van der Waals surface area (Å²) in [5.41, 5.74) is 0.969. The van der Waals surface area contributed by atoms with Gasteiger partial charge in [-0.15, -0.1) is 0 Å². The molecular formula is C12H14N2O4S. The molecule has 0 aliphatic heterocycles. The van der Waals surface area contributed by atoms with E-state index in [2.05, 4.69) is 17.9 Å². The zero-order chi connectivity index (χ0) is 14.4. The first-order valence-electron chi connectivity index (χ1n) is 5.43. The first-order chi connectivity index (χ1) is 8.93. The molecule has 0 fully saturated rings. The SMILES string of the molecule is C/[N+]([O-])=C\c1ccc(C(=O)NC(CS)C(=O)O)cc1. The number of carboxylic acids is 1. The van der Waals surface area contributed by atoms with Gasteiger partial charge >= 0.3 is 5.97 Å². The normalized spacial score (nSPS) is 12.8. The van der Waals surface area contributed by atoms with Crippen LogP contribution in [0, 0.1) is 5.21 Å². The van der Waals surface area contributed by atoms with E-state index in [1.807, 2.05) is 0 Å². The van der Waals surface area contributed by atoms with Crippen molar-refractivity contribution in [1.29, 1.82) is 0 Å². The van der Waals surface area contributed by atoms with Gasteiger partial charge in [-0.05, 0) is 24.3 Å². The number of carbonyl (C=O) groups is 2. The van der Waals surface area contributed by atoms with Gasteiger partial charge in [0.15, 0.2) is 6.21 Å². The van der Waals surface area contributed by atoms with E-state index in [-0.39, 0.29) is 5.75 Å². The highest BCUT2D eigenvalue weighted by atomic mass is 32.1.